The first-order valence-corrected chi connectivity index (χ1v) is 7.05. The first-order valence-electron chi connectivity index (χ1n) is 7.05. The van der Waals surface area contributed by atoms with Crippen molar-refractivity contribution >= 4 is 5.97 Å². The van der Waals surface area contributed by atoms with E-state index in [1.54, 1.807) is 0 Å². The van der Waals surface area contributed by atoms with Gasteiger partial charge in [-0.15, -0.1) is 0 Å². The molecule has 2 rings (SSSR count). The number of benzene rings is 2. The Labute approximate surface area is 129 Å². The topological polar surface area (TPSA) is 35.5 Å². The van der Waals surface area contributed by atoms with Gasteiger partial charge in [0, 0.05) is 0 Å². The quantitative estimate of drug-likeness (QED) is 0.630. The van der Waals surface area contributed by atoms with Gasteiger partial charge in [0.1, 0.15) is 17.3 Å². The van der Waals surface area contributed by atoms with Crippen molar-refractivity contribution in [1.29, 1.82) is 0 Å². The molecule has 0 N–H and O–H groups in total. The zero-order valence-corrected chi connectivity index (χ0v) is 12.9. The summed E-state index contributed by atoms with van der Waals surface area (Å²) in [6.07, 6.45) is 0. The molecular formula is C18H19FO3. The Bertz CT molecular complexity index is 642. The number of hydrogen-bond acceptors (Lipinski definition) is 3. The minimum absolute atomic E-state index is 0.0859. The fraction of sp³-hybridized carbons (Fsp3) is 0.278. The molecule has 0 spiro atoms. The van der Waals surface area contributed by atoms with Crippen molar-refractivity contribution in [2.75, 3.05) is 6.61 Å². The average molecular weight is 302 g/mol. The molecule has 4 heteroatoms. The maximum atomic E-state index is 12.8. The van der Waals surface area contributed by atoms with Crippen LogP contribution in [-0.2, 0) is 10.2 Å². The number of hydrogen-bond donors (Lipinski definition) is 0. The fourth-order valence-corrected chi connectivity index (χ4v) is 2.01. The van der Waals surface area contributed by atoms with Crippen molar-refractivity contribution in [3.63, 3.8) is 0 Å². The first kappa shape index (κ1) is 16.0. The van der Waals surface area contributed by atoms with Crippen LogP contribution >= 0.6 is 0 Å². The number of halogens is 1. The number of carbonyl (C=O) groups is 1. The van der Waals surface area contributed by atoms with E-state index in [0.717, 1.165) is 5.56 Å². The second-order valence-corrected chi connectivity index (χ2v) is 5.96. The summed E-state index contributed by atoms with van der Waals surface area (Å²) in [6, 6.07) is 12.9. The van der Waals surface area contributed by atoms with Crippen LogP contribution in [0.5, 0.6) is 11.5 Å². The van der Waals surface area contributed by atoms with Crippen LogP contribution in [0.4, 0.5) is 4.39 Å². The third-order valence-electron chi connectivity index (χ3n) is 3.09. The summed E-state index contributed by atoms with van der Waals surface area (Å²) in [4.78, 5) is 11.8. The highest BCUT2D eigenvalue weighted by atomic mass is 19.1. The van der Waals surface area contributed by atoms with Gasteiger partial charge in [-0.1, -0.05) is 39.0 Å². The zero-order valence-electron chi connectivity index (χ0n) is 12.9. The van der Waals surface area contributed by atoms with Crippen LogP contribution in [0.3, 0.4) is 0 Å². The summed E-state index contributed by atoms with van der Waals surface area (Å²) in [5, 5.41) is 0. The molecule has 3 nitrogen and oxygen atoms in total. The molecule has 0 bridgehead atoms. The number of esters is 1. The molecule has 0 saturated carbocycles. The van der Waals surface area contributed by atoms with Gasteiger partial charge in [0.05, 0.1) is 0 Å². The van der Waals surface area contributed by atoms with Crippen molar-refractivity contribution in [3.05, 3.63) is 59.9 Å². The molecule has 0 fully saturated rings. The van der Waals surface area contributed by atoms with E-state index in [4.69, 9.17) is 9.47 Å². The molecular weight excluding hydrogens is 283 g/mol. The van der Waals surface area contributed by atoms with Crippen LogP contribution in [0.2, 0.25) is 0 Å². The number of ether oxygens (including phenoxy) is 2. The summed E-state index contributed by atoms with van der Waals surface area (Å²) in [6.45, 7) is 6.02. The van der Waals surface area contributed by atoms with Crippen LogP contribution in [0.1, 0.15) is 26.3 Å². The monoisotopic (exact) mass is 302 g/mol. The highest BCUT2D eigenvalue weighted by molar-refractivity contribution is 5.74. The molecule has 0 aliphatic carbocycles. The third kappa shape index (κ3) is 4.32. The van der Waals surface area contributed by atoms with Crippen LogP contribution in [0.25, 0.3) is 0 Å². The van der Waals surface area contributed by atoms with Gasteiger partial charge in [-0.05, 0) is 41.3 Å². The predicted octanol–water partition coefficient (Wildman–Crippen LogP) is 4.11. The van der Waals surface area contributed by atoms with Gasteiger partial charge >= 0.3 is 5.97 Å². The molecule has 0 unspecified atom stereocenters. The SMILES string of the molecule is CC(C)(C)c1ccccc1OCC(=O)Oc1ccc(F)cc1. The van der Waals surface area contributed by atoms with E-state index in [0.29, 0.717) is 11.5 Å². The van der Waals surface area contributed by atoms with E-state index < -0.39 is 5.97 Å². The summed E-state index contributed by atoms with van der Waals surface area (Å²) in [7, 11) is 0. The molecule has 0 aliphatic rings. The van der Waals surface area contributed by atoms with Gasteiger partial charge < -0.3 is 9.47 Å². The molecule has 0 atom stereocenters. The van der Waals surface area contributed by atoms with E-state index in [1.165, 1.54) is 24.3 Å². The second-order valence-electron chi connectivity index (χ2n) is 5.96. The molecule has 2 aromatic rings. The molecule has 0 aromatic heterocycles. The van der Waals surface area contributed by atoms with Gasteiger partial charge in [0.15, 0.2) is 6.61 Å². The number of para-hydroxylation sites is 1. The Hall–Kier alpha value is -2.36. The van der Waals surface area contributed by atoms with Crippen molar-refractivity contribution in [2.24, 2.45) is 0 Å². The molecule has 0 heterocycles. The third-order valence-corrected chi connectivity index (χ3v) is 3.09. The number of carbonyl (C=O) groups excluding carboxylic acids is 1. The van der Waals surface area contributed by atoms with Gasteiger partial charge in [-0.3, -0.25) is 0 Å². The number of rotatable bonds is 4. The summed E-state index contributed by atoms with van der Waals surface area (Å²) < 4.78 is 23.4. The summed E-state index contributed by atoms with van der Waals surface area (Å²) in [5.74, 6) is 0.0376. The second kappa shape index (κ2) is 6.60. The molecule has 0 aliphatic heterocycles. The highest BCUT2D eigenvalue weighted by Gasteiger charge is 2.19. The van der Waals surface area contributed by atoms with Crippen molar-refractivity contribution in [2.45, 2.75) is 26.2 Å². The van der Waals surface area contributed by atoms with Gasteiger partial charge in [0.25, 0.3) is 0 Å². The maximum Gasteiger partial charge on any atom is 0.349 e. The van der Waals surface area contributed by atoms with Gasteiger partial charge in [-0.25, -0.2) is 9.18 Å². The maximum absolute atomic E-state index is 12.8. The summed E-state index contributed by atoms with van der Waals surface area (Å²) >= 11 is 0. The Kier molecular flexibility index (Phi) is 4.81. The zero-order chi connectivity index (χ0) is 16.2. The molecule has 116 valence electrons. The largest absolute Gasteiger partial charge is 0.482 e. The van der Waals surface area contributed by atoms with E-state index >= 15 is 0 Å². The van der Waals surface area contributed by atoms with Gasteiger partial charge in [-0.2, -0.15) is 0 Å². The lowest BCUT2D eigenvalue weighted by molar-refractivity contribution is -0.136. The average Bonchev–Trinajstić information content (AvgIpc) is 2.47. The van der Waals surface area contributed by atoms with Crippen molar-refractivity contribution in [1.82, 2.24) is 0 Å². The lowest BCUT2D eigenvalue weighted by Crippen LogP contribution is -2.20. The Balaban J connectivity index is 1.98. The van der Waals surface area contributed by atoms with Crippen LogP contribution < -0.4 is 9.47 Å². The Morgan fingerprint density at radius 1 is 1.05 bits per heavy atom. The molecule has 0 amide bonds. The molecule has 2 aromatic carbocycles. The van der Waals surface area contributed by atoms with E-state index in [2.05, 4.69) is 20.8 Å². The smallest absolute Gasteiger partial charge is 0.349 e. The standard InChI is InChI=1S/C18H19FO3/c1-18(2,3)15-6-4-5-7-16(15)21-12-17(20)22-14-10-8-13(19)9-11-14/h4-11H,12H2,1-3H3. The molecule has 0 radical (unpaired) electrons. The van der Waals surface area contributed by atoms with Crippen molar-refractivity contribution < 1.29 is 18.7 Å². The van der Waals surface area contributed by atoms with Crippen molar-refractivity contribution in [3.8, 4) is 11.5 Å². The Morgan fingerprint density at radius 2 is 1.68 bits per heavy atom. The predicted molar refractivity (Wildman–Crippen MR) is 82.7 cm³/mol. The Morgan fingerprint density at radius 3 is 2.32 bits per heavy atom. The van der Waals surface area contributed by atoms with Crippen LogP contribution in [0, 0.1) is 5.82 Å². The highest BCUT2D eigenvalue weighted by Crippen LogP contribution is 2.30. The van der Waals surface area contributed by atoms with Crippen LogP contribution in [-0.4, -0.2) is 12.6 Å². The first-order chi connectivity index (χ1) is 10.4. The van der Waals surface area contributed by atoms with E-state index in [1.807, 2.05) is 24.3 Å². The summed E-state index contributed by atoms with van der Waals surface area (Å²) in [5.41, 5.74) is 0.932. The molecule has 0 saturated heterocycles. The minimum atomic E-state index is -0.532. The lowest BCUT2D eigenvalue weighted by atomic mass is 9.86. The minimum Gasteiger partial charge on any atom is -0.482 e. The van der Waals surface area contributed by atoms with E-state index in [-0.39, 0.29) is 17.8 Å². The van der Waals surface area contributed by atoms with E-state index in [9.17, 15) is 9.18 Å². The fourth-order valence-electron chi connectivity index (χ4n) is 2.01. The normalized spacial score (nSPS) is 11.1. The molecule has 22 heavy (non-hydrogen) atoms. The van der Waals surface area contributed by atoms with Crippen LogP contribution in [0.15, 0.2) is 48.5 Å². The lowest BCUT2D eigenvalue weighted by Gasteiger charge is -2.22. The van der Waals surface area contributed by atoms with Gasteiger partial charge in [0.2, 0.25) is 0 Å².